The summed E-state index contributed by atoms with van der Waals surface area (Å²) in [5, 5.41) is 9.69. The molecule has 11 heteroatoms. The Morgan fingerprint density at radius 3 is 2.59 bits per heavy atom. The van der Waals surface area contributed by atoms with Crippen molar-refractivity contribution in [3.8, 4) is 0 Å². The van der Waals surface area contributed by atoms with Crippen molar-refractivity contribution in [2.75, 3.05) is 30.3 Å². The monoisotopic (exact) mass is 549 g/mol. The molecule has 0 aliphatic carbocycles. The summed E-state index contributed by atoms with van der Waals surface area (Å²) in [6, 6.07) is 17.1. The Balaban J connectivity index is 1.17. The minimum absolute atomic E-state index is 0.258. The lowest BCUT2D eigenvalue weighted by Gasteiger charge is -2.17. The van der Waals surface area contributed by atoms with Crippen molar-refractivity contribution >= 4 is 33.2 Å². The number of nitrogens with zero attached hydrogens (tertiary/aromatic N) is 4. The highest BCUT2D eigenvalue weighted by Crippen LogP contribution is 2.26. The first-order valence-electron chi connectivity index (χ1n) is 12.8. The van der Waals surface area contributed by atoms with Gasteiger partial charge in [0.25, 0.3) is 0 Å². The normalized spacial score (nSPS) is 15.9. The fourth-order valence-electron chi connectivity index (χ4n) is 4.61. The van der Waals surface area contributed by atoms with Crippen molar-refractivity contribution < 1.29 is 12.8 Å². The van der Waals surface area contributed by atoms with Crippen LogP contribution in [0.25, 0.3) is 0 Å². The van der Waals surface area contributed by atoms with Gasteiger partial charge in [0.15, 0.2) is 0 Å². The molecule has 2 aromatic heterocycles. The Bertz CT molecular complexity index is 1540. The average Bonchev–Trinajstić information content (AvgIpc) is 3.56. The number of hydrogen-bond acceptors (Lipinski definition) is 7. The molecule has 1 aliphatic rings. The Morgan fingerprint density at radius 2 is 1.85 bits per heavy atom. The van der Waals surface area contributed by atoms with E-state index < -0.39 is 10.0 Å². The molecule has 3 heterocycles. The molecule has 2 aromatic carbocycles. The Hall–Kier alpha value is -3.80. The number of aromatic nitrogens is 3. The van der Waals surface area contributed by atoms with E-state index in [0.29, 0.717) is 41.8 Å². The highest BCUT2D eigenvalue weighted by atomic mass is 32.2. The summed E-state index contributed by atoms with van der Waals surface area (Å²) in [6.07, 6.45) is 4.45. The summed E-state index contributed by atoms with van der Waals surface area (Å²) in [4.78, 5) is 8.94. The largest absolute Gasteiger partial charge is 0.353 e. The van der Waals surface area contributed by atoms with Crippen LogP contribution in [0.4, 0.5) is 27.5 Å². The average molecular weight is 550 g/mol. The third-order valence-corrected chi connectivity index (χ3v) is 8.75. The van der Waals surface area contributed by atoms with Crippen molar-refractivity contribution in [3.05, 3.63) is 90.1 Å². The maximum absolute atomic E-state index is 13.5. The van der Waals surface area contributed by atoms with Crippen molar-refractivity contribution in [1.82, 2.24) is 24.2 Å². The van der Waals surface area contributed by atoms with Crippen LogP contribution in [0, 0.1) is 18.7 Å². The van der Waals surface area contributed by atoms with Gasteiger partial charge < -0.3 is 20.5 Å². The second-order valence-corrected chi connectivity index (χ2v) is 11.7. The fraction of sp³-hybridized carbons (Fsp3) is 0.286. The van der Waals surface area contributed by atoms with E-state index in [4.69, 9.17) is 0 Å². The summed E-state index contributed by atoms with van der Waals surface area (Å²) in [5.74, 6) is 0.897. The molecular weight excluding hydrogens is 517 g/mol. The van der Waals surface area contributed by atoms with Gasteiger partial charge >= 0.3 is 0 Å². The summed E-state index contributed by atoms with van der Waals surface area (Å²) in [5.41, 5.74) is 3.10. The zero-order valence-electron chi connectivity index (χ0n) is 21.9. The smallest absolute Gasteiger partial charge is 0.243 e. The van der Waals surface area contributed by atoms with Crippen LogP contribution in [-0.4, -0.2) is 46.9 Å². The second-order valence-electron chi connectivity index (χ2n) is 9.76. The van der Waals surface area contributed by atoms with Crippen molar-refractivity contribution in [1.29, 1.82) is 0 Å². The van der Waals surface area contributed by atoms with Crippen LogP contribution in [0.3, 0.4) is 0 Å². The van der Waals surface area contributed by atoms with Crippen molar-refractivity contribution in [2.45, 2.75) is 24.8 Å². The van der Waals surface area contributed by atoms with Crippen LogP contribution >= 0.6 is 0 Å². The number of sulfonamides is 1. The molecule has 0 spiro atoms. The van der Waals surface area contributed by atoms with E-state index in [9.17, 15) is 12.8 Å². The van der Waals surface area contributed by atoms with Crippen LogP contribution in [0.1, 0.15) is 17.7 Å². The van der Waals surface area contributed by atoms with E-state index in [-0.39, 0.29) is 16.6 Å². The third-order valence-electron chi connectivity index (χ3n) is 6.87. The zero-order valence-corrected chi connectivity index (χ0v) is 22.7. The van der Waals surface area contributed by atoms with Crippen LogP contribution in [0.2, 0.25) is 0 Å². The molecule has 0 saturated carbocycles. The number of aryl methyl sites for hydroxylation is 2. The van der Waals surface area contributed by atoms with E-state index in [2.05, 4.69) is 36.6 Å². The maximum atomic E-state index is 13.5. The van der Waals surface area contributed by atoms with Gasteiger partial charge in [0.2, 0.25) is 16.0 Å². The van der Waals surface area contributed by atoms with Crippen LogP contribution < -0.4 is 16.0 Å². The van der Waals surface area contributed by atoms with Gasteiger partial charge in [-0.05, 0) is 92.0 Å². The third kappa shape index (κ3) is 6.44. The molecule has 0 radical (unpaired) electrons. The SMILES string of the molecule is Cc1cc(Nc2ccnc(Nc3ccc(S(=O)(=O)N4CCC(CNCc5cccn5C)C4)cc3)n2)ccc1F. The van der Waals surface area contributed by atoms with Gasteiger partial charge in [-0.25, -0.2) is 17.8 Å². The highest BCUT2D eigenvalue weighted by molar-refractivity contribution is 7.89. The molecule has 0 amide bonds. The molecule has 204 valence electrons. The van der Waals surface area contributed by atoms with Gasteiger partial charge in [0, 0.05) is 56.1 Å². The van der Waals surface area contributed by atoms with E-state index in [1.54, 1.807) is 59.9 Å². The molecule has 39 heavy (non-hydrogen) atoms. The quantitative estimate of drug-likeness (QED) is 0.267. The van der Waals surface area contributed by atoms with Gasteiger partial charge in [-0.1, -0.05) is 0 Å². The second kappa shape index (κ2) is 11.5. The molecule has 5 rings (SSSR count). The van der Waals surface area contributed by atoms with E-state index in [1.165, 1.54) is 11.8 Å². The number of rotatable bonds is 10. The number of hydrogen-bond donors (Lipinski definition) is 3. The first-order chi connectivity index (χ1) is 18.8. The van der Waals surface area contributed by atoms with Crippen LogP contribution in [0.15, 0.2) is 78.0 Å². The van der Waals surface area contributed by atoms with Crippen LogP contribution in [-0.2, 0) is 23.6 Å². The fourth-order valence-corrected chi connectivity index (χ4v) is 6.14. The lowest BCUT2D eigenvalue weighted by Crippen LogP contribution is -2.31. The van der Waals surface area contributed by atoms with E-state index >= 15 is 0 Å². The van der Waals surface area contributed by atoms with E-state index in [1.807, 2.05) is 19.3 Å². The molecule has 1 atom stereocenters. The zero-order chi connectivity index (χ0) is 27.4. The standard InChI is InChI=1S/C28H32FN7O2S/c1-20-16-23(7-10-26(20)29)32-27-11-13-31-28(34-27)33-22-5-8-25(9-6-22)39(37,38)36-15-12-21(19-36)17-30-18-24-4-3-14-35(24)2/h3-11,13-14,16,21,30H,12,15,17-19H2,1-2H3,(H2,31,32,33,34). The van der Waals surface area contributed by atoms with Crippen molar-refractivity contribution in [2.24, 2.45) is 13.0 Å². The Kier molecular flexibility index (Phi) is 7.92. The first kappa shape index (κ1) is 26.8. The van der Waals surface area contributed by atoms with Gasteiger partial charge in [-0.15, -0.1) is 0 Å². The molecule has 1 unspecified atom stereocenters. The minimum Gasteiger partial charge on any atom is -0.353 e. The Labute approximate surface area is 228 Å². The lowest BCUT2D eigenvalue weighted by atomic mass is 10.1. The van der Waals surface area contributed by atoms with Crippen LogP contribution in [0.5, 0.6) is 0 Å². The Morgan fingerprint density at radius 1 is 1.05 bits per heavy atom. The minimum atomic E-state index is -3.58. The molecule has 9 nitrogen and oxygen atoms in total. The highest BCUT2D eigenvalue weighted by Gasteiger charge is 2.32. The number of anilines is 4. The van der Waals surface area contributed by atoms with Crippen molar-refractivity contribution in [3.63, 3.8) is 0 Å². The lowest BCUT2D eigenvalue weighted by molar-refractivity contribution is 0.443. The van der Waals surface area contributed by atoms with E-state index in [0.717, 1.165) is 19.5 Å². The van der Waals surface area contributed by atoms with Gasteiger partial charge in [-0.2, -0.15) is 9.29 Å². The maximum Gasteiger partial charge on any atom is 0.243 e. The molecule has 1 aliphatic heterocycles. The molecule has 4 aromatic rings. The van der Waals surface area contributed by atoms with Gasteiger partial charge in [0.05, 0.1) is 4.90 Å². The summed E-state index contributed by atoms with van der Waals surface area (Å²) < 4.78 is 43.7. The molecular formula is C28H32FN7O2S. The summed E-state index contributed by atoms with van der Waals surface area (Å²) >= 11 is 0. The number of halogens is 1. The first-order valence-corrected chi connectivity index (χ1v) is 14.3. The topological polar surface area (TPSA) is 104 Å². The van der Waals surface area contributed by atoms with Gasteiger partial charge in [-0.3, -0.25) is 0 Å². The molecule has 3 N–H and O–H groups in total. The molecule has 0 bridgehead atoms. The number of nitrogens with one attached hydrogen (secondary N) is 3. The summed E-state index contributed by atoms with van der Waals surface area (Å²) in [6.45, 7) is 4.25. The molecule has 1 fully saturated rings. The van der Waals surface area contributed by atoms with Gasteiger partial charge in [0.1, 0.15) is 11.6 Å². The summed E-state index contributed by atoms with van der Waals surface area (Å²) in [7, 11) is -1.56. The number of benzene rings is 2. The predicted octanol–water partition coefficient (Wildman–Crippen LogP) is 4.55. The molecule has 1 saturated heterocycles. The predicted molar refractivity (Wildman–Crippen MR) is 150 cm³/mol.